The van der Waals surface area contributed by atoms with Gasteiger partial charge in [-0.05, 0) is 92.7 Å². The SMILES string of the molecule is C=C1[C@@H]2CC[C@H]3[C@]4(C)CCC[C@@](C)(C(=O)O)[C@H]4CC[C@]3(C2)[C@H]1OC(=O)c1ccccc1. The highest BCUT2D eigenvalue weighted by Crippen LogP contribution is 2.72. The minimum absolute atomic E-state index is 0.0311. The second-order valence-corrected chi connectivity index (χ2v) is 11.2. The fraction of sp³-hybridized carbons (Fsp3) is 0.630. The predicted molar refractivity (Wildman–Crippen MR) is 118 cm³/mol. The van der Waals surface area contributed by atoms with Gasteiger partial charge in [0.25, 0.3) is 0 Å². The lowest BCUT2D eigenvalue weighted by atomic mass is 9.40. The van der Waals surface area contributed by atoms with Crippen LogP contribution in [0.25, 0.3) is 0 Å². The molecule has 7 atom stereocenters. The molecule has 4 heteroatoms. The number of carboxylic acids is 1. The van der Waals surface area contributed by atoms with Crippen LogP contribution in [0.3, 0.4) is 0 Å². The number of benzene rings is 1. The van der Waals surface area contributed by atoms with Crippen molar-refractivity contribution in [2.24, 2.45) is 34.0 Å². The first-order valence-corrected chi connectivity index (χ1v) is 11.9. The fourth-order valence-electron chi connectivity index (χ4n) is 8.53. The highest BCUT2D eigenvalue weighted by molar-refractivity contribution is 5.89. The lowest BCUT2D eigenvalue weighted by molar-refractivity contribution is -0.190. The number of hydrogen-bond donors (Lipinski definition) is 1. The van der Waals surface area contributed by atoms with Crippen LogP contribution in [-0.4, -0.2) is 23.1 Å². The fourth-order valence-corrected chi connectivity index (χ4v) is 8.53. The van der Waals surface area contributed by atoms with Crippen LogP contribution in [0.1, 0.15) is 75.6 Å². The summed E-state index contributed by atoms with van der Waals surface area (Å²) in [6.07, 6.45) is 7.58. The number of hydrogen-bond acceptors (Lipinski definition) is 3. The van der Waals surface area contributed by atoms with Gasteiger partial charge < -0.3 is 9.84 Å². The molecule has 0 radical (unpaired) electrons. The van der Waals surface area contributed by atoms with Crippen LogP contribution in [0.2, 0.25) is 0 Å². The Labute approximate surface area is 185 Å². The Balaban J connectivity index is 1.51. The van der Waals surface area contributed by atoms with Gasteiger partial charge in [0, 0.05) is 5.41 Å². The van der Waals surface area contributed by atoms with Crippen molar-refractivity contribution in [3.8, 4) is 0 Å². The molecule has 0 heterocycles. The van der Waals surface area contributed by atoms with Gasteiger partial charge in [0.05, 0.1) is 11.0 Å². The molecule has 4 aliphatic rings. The summed E-state index contributed by atoms with van der Waals surface area (Å²) in [5.74, 6) is 0.0636. The van der Waals surface area contributed by atoms with Crippen molar-refractivity contribution in [1.29, 1.82) is 0 Å². The van der Waals surface area contributed by atoms with Crippen LogP contribution in [0.4, 0.5) is 0 Å². The van der Waals surface area contributed by atoms with Gasteiger partial charge in [-0.1, -0.05) is 38.1 Å². The number of aliphatic carboxylic acids is 1. The van der Waals surface area contributed by atoms with Gasteiger partial charge in [0.15, 0.2) is 0 Å². The molecule has 4 saturated carbocycles. The average molecular weight is 423 g/mol. The van der Waals surface area contributed by atoms with Gasteiger partial charge in [-0.15, -0.1) is 0 Å². The normalized spacial score (nSPS) is 43.6. The maximum atomic E-state index is 13.0. The summed E-state index contributed by atoms with van der Waals surface area (Å²) in [6.45, 7) is 8.75. The third-order valence-corrected chi connectivity index (χ3v) is 9.90. The van der Waals surface area contributed by atoms with Crippen LogP contribution >= 0.6 is 0 Å². The first-order valence-electron chi connectivity index (χ1n) is 11.9. The van der Waals surface area contributed by atoms with E-state index in [2.05, 4.69) is 13.5 Å². The quantitative estimate of drug-likeness (QED) is 0.488. The number of carboxylic acid groups (broad SMARTS) is 1. The van der Waals surface area contributed by atoms with Crippen molar-refractivity contribution < 1.29 is 19.4 Å². The summed E-state index contributed by atoms with van der Waals surface area (Å²) in [4.78, 5) is 25.3. The van der Waals surface area contributed by atoms with E-state index >= 15 is 0 Å². The van der Waals surface area contributed by atoms with Crippen LogP contribution in [0.5, 0.6) is 0 Å². The molecule has 1 N–H and O–H groups in total. The maximum absolute atomic E-state index is 13.0. The zero-order chi connectivity index (χ0) is 22.0. The van der Waals surface area contributed by atoms with Crippen LogP contribution in [0, 0.1) is 34.0 Å². The van der Waals surface area contributed by atoms with Crippen molar-refractivity contribution in [3.05, 3.63) is 48.0 Å². The second-order valence-electron chi connectivity index (χ2n) is 11.2. The van der Waals surface area contributed by atoms with Gasteiger partial charge in [-0.25, -0.2) is 4.79 Å². The Kier molecular flexibility index (Phi) is 4.66. The zero-order valence-corrected chi connectivity index (χ0v) is 18.7. The molecule has 1 spiro atoms. The average Bonchev–Trinajstić information content (AvgIpc) is 2.94. The Morgan fingerprint density at radius 2 is 1.77 bits per heavy atom. The lowest BCUT2D eigenvalue weighted by Crippen LogP contribution is -2.60. The van der Waals surface area contributed by atoms with E-state index in [0.717, 1.165) is 56.9 Å². The van der Waals surface area contributed by atoms with E-state index < -0.39 is 11.4 Å². The smallest absolute Gasteiger partial charge is 0.338 e. The van der Waals surface area contributed by atoms with Gasteiger partial charge in [0.1, 0.15) is 6.10 Å². The Bertz CT molecular complexity index is 922. The van der Waals surface area contributed by atoms with E-state index in [1.54, 1.807) is 12.1 Å². The summed E-state index contributed by atoms with van der Waals surface area (Å²) < 4.78 is 6.25. The Morgan fingerprint density at radius 3 is 2.48 bits per heavy atom. The molecule has 0 amide bonds. The van der Waals surface area contributed by atoms with Crippen LogP contribution < -0.4 is 0 Å². The molecule has 166 valence electrons. The summed E-state index contributed by atoms with van der Waals surface area (Å²) in [7, 11) is 0. The standard InChI is InChI=1S/C27H34O4/c1-17-19-10-11-21-25(2)13-7-14-26(3,24(29)30)20(25)12-15-27(21,16-19)22(17)31-23(28)18-8-5-4-6-9-18/h4-6,8-9,19-22H,1,7,10-16H2,2-3H3,(H,29,30)/t19-,20+,21+,22+,25-,26-,27-/m1/s1. The molecule has 1 aromatic carbocycles. The molecular weight excluding hydrogens is 388 g/mol. The van der Waals surface area contributed by atoms with E-state index in [1.165, 1.54) is 0 Å². The molecule has 4 aliphatic carbocycles. The molecule has 0 aromatic heterocycles. The van der Waals surface area contributed by atoms with Crippen molar-refractivity contribution in [2.45, 2.75) is 71.3 Å². The number of fused-ring (bicyclic) bond motifs is 3. The molecule has 4 nitrogen and oxygen atoms in total. The molecule has 0 aliphatic heterocycles. The first-order chi connectivity index (χ1) is 14.7. The zero-order valence-electron chi connectivity index (χ0n) is 18.7. The van der Waals surface area contributed by atoms with E-state index in [1.807, 2.05) is 25.1 Å². The highest BCUT2D eigenvalue weighted by Gasteiger charge is 2.68. The van der Waals surface area contributed by atoms with Crippen LogP contribution in [0.15, 0.2) is 42.5 Å². The summed E-state index contributed by atoms with van der Waals surface area (Å²) in [5, 5.41) is 10.1. The number of carbonyl (C=O) groups excluding carboxylic acids is 1. The van der Waals surface area contributed by atoms with Gasteiger partial charge >= 0.3 is 11.9 Å². The molecule has 0 saturated heterocycles. The number of esters is 1. The van der Waals surface area contributed by atoms with E-state index in [-0.39, 0.29) is 28.8 Å². The Morgan fingerprint density at radius 1 is 1.03 bits per heavy atom. The largest absolute Gasteiger partial charge is 0.481 e. The van der Waals surface area contributed by atoms with Crippen molar-refractivity contribution in [3.63, 3.8) is 0 Å². The van der Waals surface area contributed by atoms with Crippen molar-refractivity contribution >= 4 is 11.9 Å². The van der Waals surface area contributed by atoms with Gasteiger partial charge in [-0.2, -0.15) is 0 Å². The van der Waals surface area contributed by atoms with Crippen molar-refractivity contribution in [2.75, 3.05) is 0 Å². The molecule has 31 heavy (non-hydrogen) atoms. The Hall–Kier alpha value is -2.10. The van der Waals surface area contributed by atoms with Gasteiger partial charge in [0.2, 0.25) is 0 Å². The number of rotatable bonds is 3. The third-order valence-electron chi connectivity index (χ3n) is 9.90. The lowest BCUT2D eigenvalue weighted by Gasteiger charge is -2.63. The second kappa shape index (κ2) is 6.95. The highest BCUT2D eigenvalue weighted by atomic mass is 16.5. The topological polar surface area (TPSA) is 63.6 Å². The molecule has 0 unspecified atom stereocenters. The number of carbonyl (C=O) groups is 2. The van der Waals surface area contributed by atoms with Gasteiger partial charge in [-0.3, -0.25) is 4.79 Å². The molecular formula is C27H34O4. The minimum atomic E-state index is -0.655. The summed E-state index contributed by atoms with van der Waals surface area (Å²) in [5.41, 5.74) is 0.895. The molecule has 4 fully saturated rings. The number of ether oxygens (including phenoxy) is 1. The van der Waals surface area contributed by atoms with E-state index in [4.69, 9.17) is 4.74 Å². The third kappa shape index (κ3) is 2.79. The minimum Gasteiger partial charge on any atom is -0.481 e. The molecule has 2 bridgehead atoms. The van der Waals surface area contributed by atoms with E-state index in [9.17, 15) is 14.7 Å². The molecule has 1 aromatic rings. The molecule has 5 rings (SSSR count). The first kappa shape index (κ1) is 20.8. The summed E-state index contributed by atoms with van der Waals surface area (Å²) >= 11 is 0. The predicted octanol–water partition coefficient (Wildman–Crippen LogP) is 5.88. The summed E-state index contributed by atoms with van der Waals surface area (Å²) in [6, 6.07) is 9.23. The monoisotopic (exact) mass is 422 g/mol. The maximum Gasteiger partial charge on any atom is 0.338 e. The van der Waals surface area contributed by atoms with Crippen molar-refractivity contribution in [1.82, 2.24) is 0 Å². The van der Waals surface area contributed by atoms with E-state index in [0.29, 0.717) is 17.4 Å². The van der Waals surface area contributed by atoms with Crippen LogP contribution in [-0.2, 0) is 9.53 Å².